The zero-order chi connectivity index (χ0) is 15.0. The maximum Gasteiger partial charge on any atom is 0.245 e. The van der Waals surface area contributed by atoms with E-state index in [1.807, 2.05) is 0 Å². The summed E-state index contributed by atoms with van der Waals surface area (Å²) in [5.41, 5.74) is -1.35. The van der Waals surface area contributed by atoms with Gasteiger partial charge in [-0.3, -0.25) is 0 Å². The summed E-state index contributed by atoms with van der Waals surface area (Å²) >= 11 is 0. The van der Waals surface area contributed by atoms with Gasteiger partial charge in [0.2, 0.25) is 10.0 Å². The van der Waals surface area contributed by atoms with E-state index >= 15 is 0 Å². The summed E-state index contributed by atoms with van der Waals surface area (Å²) in [7, 11) is -3.25. The van der Waals surface area contributed by atoms with Gasteiger partial charge in [0, 0.05) is 13.6 Å². The molecule has 0 fully saturated rings. The first-order chi connectivity index (χ1) is 8.47. The molecule has 0 radical (unpaired) electrons. The maximum absolute atomic E-state index is 13.5. The summed E-state index contributed by atoms with van der Waals surface area (Å²) in [5.74, 6) is -5.10. The van der Waals surface area contributed by atoms with Crippen molar-refractivity contribution in [2.45, 2.75) is 24.3 Å². The van der Waals surface area contributed by atoms with Crippen molar-refractivity contribution in [1.82, 2.24) is 4.31 Å². The van der Waals surface area contributed by atoms with Crippen LogP contribution in [0, 0.1) is 17.5 Å². The molecule has 0 aliphatic heterocycles. The Balaban J connectivity index is 3.25. The monoisotopic (exact) mass is 297 g/mol. The Bertz CT molecular complexity index is 582. The minimum Gasteiger partial charge on any atom is -0.389 e. The largest absolute Gasteiger partial charge is 0.389 e. The van der Waals surface area contributed by atoms with E-state index in [1.54, 1.807) is 0 Å². The number of hydrogen-bond donors (Lipinski definition) is 1. The number of nitrogens with zero attached hydrogens (tertiary/aromatic N) is 1. The number of aliphatic hydroxyl groups is 1. The number of halogens is 3. The van der Waals surface area contributed by atoms with Crippen LogP contribution in [0.15, 0.2) is 17.0 Å². The van der Waals surface area contributed by atoms with Crippen molar-refractivity contribution in [3.05, 3.63) is 29.6 Å². The van der Waals surface area contributed by atoms with Gasteiger partial charge in [0.05, 0.1) is 5.60 Å². The molecule has 0 saturated carbocycles. The van der Waals surface area contributed by atoms with E-state index in [2.05, 4.69) is 0 Å². The Hall–Kier alpha value is -1.12. The van der Waals surface area contributed by atoms with E-state index in [9.17, 15) is 26.7 Å². The SMILES string of the molecule is CN(CC(C)(C)O)S(=O)(=O)c1ccc(F)c(F)c1F. The molecular formula is C11H14F3NO3S. The molecule has 0 unspecified atom stereocenters. The second kappa shape index (κ2) is 5.10. The van der Waals surface area contributed by atoms with Gasteiger partial charge >= 0.3 is 0 Å². The molecule has 0 aliphatic rings. The van der Waals surface area contributed by atoms with Crippen molar-refractivity contribution in [1.29, 1.82) is 0 Å². The highest BCUT2D eigenvalue weighted by atomic mass is 32.2. The maximum atomic E-state index is 13.5. The molecule has 0 saturated heterocycles. The molecule has 0 heterocycles. The van der Waals surface area contributed by atoms with Gasteiger partial charge in [-0.25, -0.2) is 21.6 Å². The van der Waals surface area contributed by atoms with Crippen molar-refractivity contribution in [2.75, 3.05) is 13.6 Å². The molecule has 1 aromatic carbocycles. The molecular weight excluding hydrogens is 283 g/mol. The van der Waals surface area contributed by atoms with E-state index < -0.39 is 38.0 Å². The molecule has 8 heteroatoms. The van der Waals surface area contributed by atoms with Crippen LogP contribution in [0.2, 0.25) is 0 Å². The van der Waals surface area contributed by atoms with Gasteiger partial charge in [-0.05, 0) is 26.0 Å². The first-order valence-corrected chi connectivity index (χ1v) is 6.73. The molecule has 1 aromatic rings. The predicted molar refractivity (Wildman–Crippen MR) is 62.4 cm³/mol. The van der Waals surface area contributed by atoms with Crippen LogP contribution in [-0.2, 0) is 10.0 Å². The van der Waals surface area contributed by atoms with Gasteiger partial charge in [-0.1, -0.05) is 0 Å². The van der Waals surface area contributed by atoms with Crippen LogP contribution < -0.4 is 0 Å². The summed E-state index contributed by atoms with van der Waals surface area (Å²) in [4.78, 5) is -0.974. The molecule has 0 amide bonds. The quantitative estimate of drug-likeness (QED) is 0.857. The van der Waals surface area contributed by atoms with Gasteiger partial charge in [0.15, 0.2) is 17.5 Å². The second-order valence-corrected chi connectivity index (χ2v) is 6.76. The number of benzene rings is 1. The van der Waals surface area contributed by atoms with Crippen molar-refractivity contribution < 1.29 is 26.7 Å². The lowest BCUT2D eigenvalue weighted by molar-refractivity contribution is 0.0639. The van der Waals surface area contributed by atoms with Crippen molar-refractivity contribution in [2.24, 2.45) is 0 Å². The fourth-order valence-corrected chi connectivity index (χ4v) is 2.88. The molecule has 0 spiro atoms. The van der Waals surface area contributed by atoms with E-state index in [4.69, 9.17) is 0 Å². The number of hydrogen-bond acceptors (Lipinski definition) is 3. The van der Waals surface area contributed by atoms with Crippen LogP contribution in [0.4, 0.5) is 13.2 Å². The number of likely N-dealkylation sites (N-methyl/N-ethyl adjacent to an activating group) is 1. The molecule has 19 heavy (non-hydrogen) atoms. The summed E-state index contributed by atoms with van der Waals surface area (Å²) < 4.78 is 63.9. The highest BCUT2D eigenvalue weighted by molar-refractivity contribution is 7.89. The molecule has 0 aliphatic carbocycles. The molecule has 0 aromatic heterocycles. The summed E-state index contributed by atoms with van der Waals surface area (Å²) in [6, 6.07) is 1.17. The van der Waals surface area contributed by atoms with Crippen LogP contribution in [0.25, 0.3) is 0 Å². The lowest BCUT2D eigenvalue weighted by Crippen LogP contribution is -2.40. The molecule has 0 atom stereocenters. The highest BCUT2D eigenvalue weighted by Crippen LogP contribution is 2.23. The minimum atomic E-state index is -4.35. The average Bonchev–Trinajstić information content (AvgIpc) is 2.23. The van der Waals surface area contributed by atoms with Crippen molar-refractivity contribution >= 4 is 10.0 Å². The van der Waals surface area contributed by atoms with E-state index in [0.29, 0.717) is 16.4 Å². The van der Waals surface area contributed by atoms with Crippen molar-refractivity contribution in [3.63, 3.8) is 0 Å². The topological polar surface area (TPSA) is 57.6 Å². The van der Waals surface area contributed by atoms with E-state index in [-0.39, 0.29) is 6.54 Å². The lowest BCUT2D eigenvalue weighted by Gasteiger charge is -2.25. The van der Waals surface area contributed by atoms with Gasteiger partial charge in [0.25, 0.3) is 0 Å². The van der Waals surface area contributed by atoms with Crippen LogP contribution in [0.1, 0.15) is 13.8 Å². The average molecular weight is 297 g/mol. The van der Waals surface area contributed by atoms with Crippen LogP contribution >= 0.6 is 0 Å². The number of rotatable bonds is 4. The molecule has 0 bridgehead atoms. The van der Waals surface area contributed by atoms with Gasteiger partial charge in [0.1, 0.15) is 4.90 Å². The van der Waals surface area contributed by atoms with E-state index in [1.165, 1.54) is 13.8 Å². The Morgan fingerprint density at radius 1 is 1.21 bits per heavy atom. The summed E-state index contributed by atoms with van der Waals surface area (Å²) in [5, 5.41) is 9.53. The highest BCUT2D eigenvalue weighted by Gasteiger charge is 2.30. The molecule has 4 nitrogen and oxygen atoms in total. The smallest absolute Gasteiger partial charge is 0.245 e. The first-order valence-electron chi connectivity index (χ1n) is 5.29. The minimum absolute atomic E-state index is 0.326. The normalized spacial score (nSPS) is 13.1. The van der Waals surface area contributed by atoms with Crippen molar-refractivity contribution in [3.8, 4) is 0 Å². The third-order valence-electron chi connectivity index (χ3n) is 2.30. The van der Waals surface area contributed by atoms with Crippen LogP contribution in [-0.4, -0.2) is 37.0 Å². The van der Waals surface area contributed by atoms with E-state index in [0.717, 1.165) is 7.05 Å². The first kappa shape index (κ1) is 15.9. The fourth-order valence-electron chi connectivity index (χ4n) is 1.51. The molecule has 1 N–H and O–H groups in total. The Kier molecular flexibility index (Phi) is 4.28. The fraction of sp³-hybridized carbons (Fsp3) is 0.455. The van der Waals surface area contributed by atoms with Gasteiger partial charge < -0.3 is 5.11 Å². The molecule has 108 valence electrons. The van der Waals surface area contributed by atoms with Crippen LogP contribution in [0.3, 0.4) is 0 Å². The number of sulfonamides is 1. The Labute approximate surface area is 109 Å². The Morgan fingerprint density at radius 3 is 2.21 bits per heavy atom. The Morgan fingerprint density at radius 2 is 1.74 bits per heavy atom. The van der Waals surface area contributed by atoms with Gasteiger partial charge in [-0.2, -0.15) is 4.31 Å². The lowest BCUT2D eigenvalue weighted by atomic mass is 10.1. The third-order valence-corrected chi connectivity index (χ3v) is 4.12. The zero-order valence-corrected chi connectivity index (χ0v) is 11.4. The summed E-state index contributed by atoms with van der Waals surface area (Å²) in [6.45, 7) is 2.40. The summed E-state index contributed by atoms with van der Waals surface area (Å²) in [6.07, 6.45) is 0. The van der Waals surface area contributed by atoms with Gasteiger partial charge in [-0.15, -0.1) is 0 Å². The molecule has 1 rings (SSSR count). The van der Waals surface area contributed by atoms with Crippen LogP contribution in [0.5, 0.6) is 0 Å². The predicted octanol–water partition coefficient (Wildman–Crippen LogP) is 1.50. The zero-order valence-electron chi connectivity index (χ0n) is 10.6. The second-order valence-electron chi connectivity index (χ2n) is 4.75. The standard InChI is InChI=1S/C11H14F3NO3S/c1-11(2,16)6-15(3)19(17,18)8-5-4-7(12)9(13)10(8)14/h4-5,16H,6H2,1-3H3. The third kappa shape index (κ3) is 3.46.